The van der Waals surface area contributed by atoms with Crippen LogP contribution in [0.25, 0.3) is 0 Å². The van der Waals surface area contributed by atoms with Gasteiger partial charge in [-0.05, 0) is 43.1 Å². The molecule has 0 radical (unpaired) electrons. The average Bonchev–Trinajstić information content (AvgIpc) is 2.74. The summed E-state index contributed by atoms with van der Waals surface area (Å²) < 4.78 is 5.99. The summed E-state index contributed by atoms with van der Waals surface area (Å²) in [6.45, 7) is 3.18. The highest BCUT2D eigenvalue weighted by Gasteiger charge is 2.40. The predicted molar refractivity (Wildman–Crippen MR) is 90.9 cm³/mol. The van der Waals surface area contributed by atoms with E-state index >= 15 is 0 Å². The van der Waals surface area contributed by atoms with Crippen molar-refractivity contribution in [2.45, 2.75) is 24.9 Å². The Kier molecular flexibility index (Phi) is 3.94. The van der Waals surface area contributed by atoms with Crippen molar-refractivity contribution in [3.63, 3.8) is 0 Å². The van der Waals surface area contributed by atoms with Crippen LogP contribution in [-0.4, -0.2) is 41.0 Å². The van der Waals surface area contributed by atoms with Gasteiger partial charge in [0.25, 0.3) is 5.91 Å². The van der Waals surface area contributed by atoms with E-state index in [0.717, 1.165) is 32.5 Å². The van der Waals surface area contributed by atoms with Gasteiger partial charge in [0, 0.05) is 25.5 Å². The Balaban J connectivity index is 1.52. The number of pyridine rings is 1. The molecule has 1 amide bonds. The number of hydrogen-bond acceptors (Lipinski definition) is 4. The molecule has 0 aliphatic carbocycles. The van der Waals surface area contributed by atoms with Crippen LogP contribution in [0.5, 0.6) is 5.75 Å². The predicted octanol–water partition coefficient (Wildman–Crippen LogP) is 2.24. The molecule has 1 N–H and O–H groups in total. The Morgan fingerprint density at radius 1 is 1.25 bits per heavy atom. The second-order valence-corrected chi connectivity index (χ2v) is 6.69. The molecule has 1 fully saturated rings. The van der Waals surface area contributed by atoms with Crippen molar-refractivity contribution in [1.82, 2.24) is 15.2 Å². The van der Waals surface area contributed by atoms with E-state index in [4.69, 9.17) is 4.74 Å². The molecule has 5 nitrogen and oxygen atoms in total. The number of hydrogen-bond donors (Lipinski definition) is 1. The highest BCUT2D eigenvalue weighted by atomic mass is 16.5. The first-order valence-electron chi connectivity index (χ1n) is 8.40. The number of piperidine rings is 1. The largest absolute Gasteiger partial charge is 0.490 e. The van der Waals surface area contributed by atoms with Gasteiger partial charge in [-0.15, -0.1) is 0 Å². The van der Waals surface area contributed by atoms with Gasteiger partial charge in [-0.2, -0.15) is 0 Å². The maximum Gasteiger partial charge on any atom is 0.255 e. The molecular formula is C19H21N3O2. The Morgan fingerprint density at radius 3 is 3.04 bits per heavy atom. The van der Waals surface area contributed by atoms with Crippen molar-refractivity contribution in [1.29, 1.82) is 0 Å². The maximum atomic E-state index is 12.6. The van der Waals surface area contributed by atoms with E-state index in [1.807, 2.05) is 36.5 Å². The third-order valence-corrected chi connectivity index (χ3v) is 4.80. The van der Waals surface area contributed by atoms with Crippen LogP contribution in [0.3, 0.4) is 0 Å². The lowest BCUT2D eigenvalue weighted by Crippen LogP contribution is -2.60. The molecular weight excluding hydrogens is 302 g/mol. The summed E-state index contributed by atoms with van der Waals surface area (Å²) in [6, 6.07) is 11.5. The number of likely N-dealkylation sites (tertiary alicyclic amines) is 1. The minimum atomic E-state index is -0.323. The molecule has 4 rings (SSSR count). The first kappa shape index (κ1) is 15.1. The molecule has 0 saturated carbocycles. The van der Waals surface area contributed by atoms with Crippen molar-refractivity contribution in [3.8, 4) is 5.75 Å². The second kappa shape index (κ2) is 6.24. The van der Waals surface area contributed by atoms with Gasteiger partial charge >= 0.3 is 0 Å². The number of benzene rings is 1. The lowest BCUT2D eigenvalue weighted by molar-refractivity contribution is 0.0642. The van der Waals surface area contributed by atoms with Crippen molar-refractivity contribution < 1.29 is 9.53 Å². The van der Waals surface area contributed by atoms with Crippen LogP contribution in [0.4, 0.5) is 0 Å². The number of fused-ring (bicyclic) bond motifs is 1. The first-order valence-corrected chi connectivity index (χ1v) is 8.40. The van der Waals surface area contributed by atoms with E-state index in [0.29, 0.717) is 17.9 Å². The van der Waals surface area contributed by atoms with Gasteiger partial charge in [-0.25, -0.2) is 0 Å². The SMILES string of the molecule is O=C1NC2(CCCN(Cc3cccnc3)C2)COc2ccccc21. The molecule has 2 aliphatic heterocycles. The Bertz CT molecular complexity index is 734. The van der Waals surface area contributed by atoms with Gasteiger partial charge in [-0.3, -0.25) is 14.7 Å². The Morgan fingerprint density at radius 2 is 2.17 bits per heavy atom. The van der Waals surface area contributed by atoms with Crippen LogP contribution in [-0.2, 0) is 6.54 Å². The molecule has 124 valence electrons. The third-order valence-electron chi connectivity index (χ3n) is 4.80. The third kappa shape index (κ3) is 2.99. The molecule has 24 heavy (non-hydrogen) atoms. The molecule has 1 atom stereocenters. The van der Waals surface area contributed by atoms with E-state index in [9.17, 15) is 4.79 Å². The summed E-state index contributed by atoms with van der Waals surface area (Å²) in [7, 11) is 0. The molecule has 2 aliphatic rings. The minimum absolute atomic E-state index is 0.0358. The van der Waals surface area contributed by atoms with Gasteiger partial charge < -0.3 is 10.1 Å². The zero-order valence-electron chi connectivity index (χ0n) is 13.6. The van der Waals surface area contributed by atoms with E-state index in [-0.39, 0.29) is 11.4 Å². The number of nitrogens with one attached hydrogen (secondary N) is 1. The summed E-state index contributed by atoms with van der Waals surface area (Å²) in [4.78, 5) is 19.2. The standard InChI is InChI=1S/C19H21N3O2/c23-18-16-6-1-2-7-17(16)24-14-19(21-18)8-4-10-22(13-19)12-15-5-3-9-20-11-15/h1-3,5-7,9,11H,4,8,10,12-14H2,(H,21,23). The van der Waals surface area contributed by atoms with Crippen LogP contribution in [0, 0.1) is 0 Å². The second-order valence-electron chi connectivity index (χ2n) is 6.69. The zero-order chi connectivity index (χ0) is 16.4. The van der Waals surface area contributed by atoms with Crippen molar-refractivity contribution in [2.75, 3.05) is 19.7 Å². The summed E-state index contributed by atoms with van der Waals surface area (Å²) in [6.07, 6.45) is 5.67. The van der Waals surface area contributed by atoms with Crippen LogP contribution >= 0.6 is 0 Å². The van der Waals surface area contributed by atoms with Crippen molar-refractivity contribution >= 4 is 5.91 Å². The van der Waals surface area contributed by atoms with Gasteiger partial charge in [0.1, 0.15) is 12.4 Å². The monoisotopic (exact) mass is 323 g/mol. The van der Waals surface area contributed by atoms with E-state index in [1.54, 1.807) is 6.20 Å². The van der Waals surface area contributed by atoms with Gasteiger partial charge in [0.15, 0.2) is 0 Å². The summed E-state index contributed by atoms with van der Waals surface area (Å²) >= 11 is 0. The highest BCUT2D eigenvalue weighted by Crippen LogP contribution is 2.29. The zero-order valence-corrected chi connectivity index (χ0v) is 13.6. The lowest BCUT2D eigenvalue weighted by atomic mass is 9.89. The lowest BCUT2D eigenvalue weighted by Gasteiger charge is -2.42. The van der Waals surface area contributed by atoms with E-state index < -0.39 is 0 Å². The van der Waals surface area contributed by atoms with E-state index in [1.165, 1.54) is 5.56 Å². The number of carbonyl (C=O) groups is 1. The molecule has 1 saturated heterocycles. The number of ether oxygens (including phenoxy) is 1. The topological polar surface area (TPSA) is 54.5 Å². The smallest absolute Gasteiger partial charge is 0.255 e. The molecule has 0 bridgehead atoms. The normalized spacial score (nSPS) is 23.9. The number of amides is 1. The number of carbonyl (C=O) groups excluding carboxylic acids is 1. The Hall–Kier alpha value is -2.40. The van der Waals surface area contributed by atoms with E-state index in [2.05, 4.69) is 21.3 Å². The van der Waals surface area contributed by atoms with Crippen LogP contribution in [0.15, 0.2) is 48.8 Å². The highest BCUT2D eigenvalue weighted by molar-refractivity contribution is 5.97. The van der Waals surface area contributed by atoms with Gasteiger partial charge in [0.2, 0.25) is 0 Å². The summed E-state index contributed by atoms with van der Waals surface area (Å²) in [5.74, 6) is 0.641. The van der Waals surface area contributed by atoms with Crippen LogP contribution in [0.2, 0.25) is 0 Å². The fraction of sp³-hybridized carbons (Fsp3) is 0.368. The summed E-state index contributed by atoms with van der Waals surface area (Å²) in [5.41, 5.74) is 1.49. The first-order chi connectivity index (χ1) is 11.7. The molecule has 1 aromatic carbocycles. The average molecular weight is 323 g/mol. The number of aromatic nitrogens is 1. The number of nitrogens with zero attached hydrogens (tertiary/aromatic N) is 2. The molecule has 5 heteroatoms. The fourth-order valence-corrected chi connectivity index (χ4v) is 3.67. The minimum Gasteiger partial charge on any atom is -0.490 e. The van der Waals surface area contributed by atoms with Gasteiger partial charge in [-0.1, -0.05) is 18.2 Å². The quantitative estimate of drug-likeness (QED) is 0.921. The van der Waals surface area contributed by atoms with Crippen LogP contribution in [0.1, 0.15) is 28.8 Å². The molecule has 1 unspecified atom stereocenters. The maximum absolute atomic E-state index is 12.6. The van der Waals surface area contributed by atoms with Crippen molar-refractivity contribution in [3.05, 3.63) is 59.9 Å². The van der Waals surface area contributed by atoms with Crippen LogP contribution < -0.4 is 10.1 Å². The molecule has 3 heterocycles. The summed E-state index contributed by atoms with van der Waals surface area (Å²) in [5, 5.41) is 3.24. The Labute approximate surface area is 141 Å². The molecule has 2 aromatic rings. The molecule has 1 aromatic heterocycles. The molecule has 1 spiro atoms. The number of rotatable bonds is 2. The van der Waals surface area contributed by atoms with Gasteiger partial charge in [0.05, 0.1) is 11.1 Å². The number of para-hydroxylation sites is 1. The fourth-order valence-electron chi connectivity index (χ4n) is 3.67. The van der Waals surface area contributed by atoms with Crippen molar-refractivity contribution in [2.24, 2.45) is 0 Å².